The van der Waals surface area contributed by atoms with Crippen LogP contribution in [0.2, 0.25) is 0 Å². The number of piperidine rings is 1. The highest BCUT2D eigenvalue weighted by Gasteiger charge is 2.57. The van der Waals surface area contributed by atoms with Gasteiger partial charge in [-0.15, -0.1) is 0 Å². The van der Waals surface area contributed by atoms with Gasteiger partial charge in [-0.2, -0.15) is 26.3 Å². The predicted molar refractivity (Wildman–Crippen MR) is 140 cm³/mol. The molecule has 4 nitrogen and oxygen atoms in total. The van der Waals surface area contributed by atoms with Crippen LogP contribution < -0.4 is 4.74 Å². The number of benzene rings is 2. The van der Waals surface area contributed by atoms with Gasteiger partial charge in [-0.25, -0.2) is 0 Å². The Labute approximate surface area is 235 Å². The number of alkyl halides is 6. The number of hydrogen-bond acceptors (Lipinski definition) is 3. The molecule has 4 aliphatic rings. The Morgan fingerprint density at radius 1 is 1.00 bits per heavy atom. The van der Waals surface area contributed by atoms with Crippen molar-refractivity contribution in [2.24, 2.45) is 17.8 Å². The highest BCUT2D eigenvalue weighted by atomic mass is 19.4. The number of ether oxygens (including phenoxy) is 1. The predicted octanol–water partition coefficient (Wildman–Crippen LogP) is 7.76. The van der Waals surface area contributed by atoms with E-state index in [1.807, 2.05) is 23.1 Å². The fraction of sp³-hybridized carbons (Fsp3) is 0.581. The molecular formula is C31H35F6NO3. The number of carboxylic acid groups (broad SMARTS) is 1. The van der Waals surface area contributed by atoms with Gasteiger partial charge in [0.15, 0.2) is 0 Å². The lowest BCUT2D eigenvalue weighted by Gasteiger charge is -2.50. The summed E-state index contributed by atoms with van der Waals surface area (Å²) in [6.45, 7) is 2.31. The molecule has 2 aromatic rings. The van der Waals surface area contributed by atoms with Gasteiger partial charge in [-0.05, 0) is 73.1 Å². The molecule has 1 N–H and O–H groups in total. The minimum absolute atomic E-state index is 0.0381. The van der Waals surface area contributed by atoms with Gasteiger partial charge >= 0.3 is 18.3 Å². The fourth-order valence-electron chi connectivity index (χ4n) is 6.59. The molecule has 6 rings (SSSR count). The minimum Gasteiger partial charge on any atom is -0.486 e. The van der Waals surface area contributed by atoms with Crippen LogP contribution in [0, 0.1) is 17.8 Å². The molecule has 3 unspecified atom stereocenters. The van der Waals surface area contributed by atoms with Crippen LogP contribution in [-0.2, 0) is 36.5 Å². The van der Waals surface area contributed by atoms with E-state index < -0.39 is 41.0 Å². The largest absolute Gasteiger partial charge is 0.486 e. The van der Waals surface area contributed by atoms with Crippen LogP contribution in [-0.4, -0.2) is 34.7 Å². The molecule has 2 heterocycles. The van der Waals surface area contributed by atoms with Gasteiger partial charge in [0.2, 0.25) is 0 Å². The van der Waals surface area contributed by atoms with Crippen LogP contribution in [0.3, 0.4) is 0 Å². The van der Waals surface area contributed by atoms with E-state index in [0.717, 1.165) is 42.6 Å². The van der Waals surface area contributed by atoms with Crippen LogP contribution >= 0.6 is 0 Å². The van der Waals surface area contributed by atoms with Crippen LogP contribution in [0.25, 0.3) is 0 Å². The Kier molecular flexibility index (Phi) is 8.09. The molecule has 2 saturated carbocycles. The third kappa shape index (κ3) is 6.52. The van der Waals surface area contributed by atoms with E-state index in [9.17, 15) is 36.2 Å². The monoisotopic (exact) mass is 583 g/mol. The number of likely N-dealkylation sites (tertiary alicyclic amines) is 1. The molecule has 2 bridgehead atoms. The second kappa shape index (κ2) is 11.2. The summed E-state index contributed by atoms with van der Waals surface area (Å²) in [5, 5.41) is 9.25. The van der Waals surface area contributed by atoms with Crippen molar-refractivity contribution in [3.05, 3.63) is 64.2 Å². The van der Waals surface area contributed by atoms with E-state index in [2.05, 4.69) is 0 Å². The van der Waals surface area contributed by atoms with Crippen molar-refractivity contribution in [1.82, 2.24) is 4.90 Å². The zero-order valence-corrected chi connectivity index (χ0v) is 23.0. The van der Waals surface area contributed by atoms with Gasteiger partial charge < -0.3 is 9.84 Å². The van der Waals surface area contributed by atoms with Gasteiger partial charge in [0.1, 0.15) is 11.4 Å². The smallest absolute Gasteiger partial charge is 0.416 e. The molecule has 1 saturated heterocycles. The maximum Gasteiger partial charge on any atom is 0.416 e. The van der Waals surface area contributed by atoms with Gasteiger partial charge in [0.25, 0.3) is 0 Å². The summed E-state index contributed by atoms with van der Waals surface area (Å²) in [5.74, 6) is -0.608. The van der Waals surface area contributed by atoms with E-state index >= 15 is 0 Å². The number of nitrogens with zero attached hydrogens (tertiary/aromatic N) is 1. The van der Waals surface area contributed by atoms with Crippen molar-refractivity contribution in [2.75, 3.05) is 13.1 Å². The summed E-state index contributed by atoms with van der Waals surface area (Å²) in [5.41, 5.74) is -1.05. The number of carbonyl (C=O) groups is 1. The standard InChI is InChI=1S/C28H29F6NO3.C3H6/c1-16(25(36)37)10-17-2-3-18-8-9-26(38-24(18)11-17)21-4-5-22(26)15-35(14-21)13-19-12-20(27(29,30)31)6-7-23(19)28(32,33)34;1-2-3-1/h2-3,6-7,11-12,16,21-22H,4-5,8-10,13-15H2,1H3,(H,36,37);1-3H2. The van der Waals surface area contributed by atoms with E-state index in [1.54, 1.807) is 6.92 Å². The van der Waals surface area contributed by atoms with Crippen LogP contribution in [0.4, 0.5) is 26.3 Å². The number of aliphatic carboxylic acids is 1. The Hall–Kier alpha value is -2.75. The second-order valence-electron chi connectivity index (χ2n) is 12.0. The molecule has 0 radical (unpaired) electrons. The molecule has 224 valence electrons. The molecule has 0 aromatic heterocycles. The molecule has 0 amide bonds. The van der Waals surface area contributed by atoms with Gasteiger partial charge in [-0.1, -0.05) is 38.3 Å². The molecule has 2 aliphatic carbocycles. The Morgan fingerprint density at radius 3 is 2.22 bits per heavy atom. The zero-order chi connectivity index (χ0) is 29.6. The maximum absolute atomic E-state index is 13.6. The number of rotatable bonds is 5. The first-order chi connectivity index (χ1) is 19.3. The second-order valence-corrected chi connectivity index (χ2v) is 12.0. The first-order valence-electron chi connectivity index (χ1n) is 14.3. The normalized spacial score (nSPS) is 26.0. The summed E-state index contributed by atoms with van der Waals surface area (Å²) >= 11 is 0. The number of carboxylic acids is 1. The average Bonchev–Trinajstić information content (AvgIpc) is 3.76. The van der Waals surface area contributed by atoms with Crippen molar-refractivity contribution in [2.45, 2.75) is 82.8 Å². The van der Waals surface area contributed by atoms with Crippen molar-refractivity contribution in [3.63, 3.8) is 0 Å². The van der Waals surface area contributed by atoms with Crippen LogP contribution in [0.5, 0.6) is 5.75 Å². The lowest BCUT2D eigenvalue weighted by atomic mass is 9.74. The SMILES string of the molecule is C1CC1.CC(Cc1ccc2c(c1)OC1(CC2)C2CCC1CN(Cc1cc(C(F)(F)F)ccc1C(F)(F)F)C2)C(=O)O. The fourth-order valence-corrected chi connectivity index (χ4v) is 6.59. The Morgan fingerprint density at radius 2 is 1.66 bits per heavy atom. The van der Waals surface area contributed by atoms with Gasteiger partial charge in [0, 0.05) is 31.5 Å². The topological polar surface area (TPSA) is 49.8 Å². The summed E-state index contributed by atoms with van der Waals surface area (Å²) in [7, 11) is 0. The first kappa shape index (κ1) is 29.7. The molecule has 1 spiro atoms. The number of halogens is 6. The number of fused-ring (bicyclic) bond motifs is 1. The molecule has 41 heavy (non-hydrogen) atoms. The highest BCUT2D eigenvalue weighted by Crippen LogP contribution is 2.53. The van der Waals surface area contributed by atoms with E-state index in [4.69, 9.17) is 4.74 Å². The quantitative estimate of drug-likeness (QED) is 0.366. The molecule has 3 atom stereocenters. The van der Waals surface area contributed by atoms with Gasteiger partial charge in [0.05, 0.1) is 17.0 Å². The number of aryl methyl sites for hydroxylation is 1. The third-order valence-corrected chi connectivity index (χ3v) is 8.87. The third-order valence-electron chi connectivity index (χ3n) is 8.87. The lowest BCUT2D eigenvalue weighted by molar-refractivity contribution is -0.142. The van der Waals surface area contributed by atoms with Crippen LogP contribution in [0.15, 0.2) is 36.4 Å². The van der Waals surface area contributed by atoms with Crippen molar-refractivity contribution in [3.8, 4) is 5.75 Å². The van der Waals surface area contributed by atoms with Crippen molar-refractivity contribution < 1.29 is 41.0 Å². The van der Waals surface area contributed by atoms with Crippen molar-refractivity contribution in [1.29, 1.82) is 0 Å². The molecule has 2 aromatic carbocycles. The molecule has 3 fully saturated rings. The zero-order valence-electron chi connectivity index (χ0n) is 23.0. The first-order valence-corrected chi connectivity index (χ1v) is 14.3. The average molecular weight is 584 g/mol. The van der Waals surface area contributed by atoms with E-state index in [1.165, 1.54) is 19.3 Å². The minimum atomic E-state index is -4.75. The van der Waals surface area contributed by atoms with E-state index in [0.29, 0.717) is 37.7 Å². The van der Waals surface area contributed by atoms with Crippen LogP contribution in [0.1, 0.15) is 73.3 Å². The van der Waals surface area contributed by atoms with Gasteiger partial charge in [-0.3, -0.25) is 9.69 Å². The molecule has 10 heteroatoms. The Bertz CT molecular complexity index is 1250. The lowest BCUT2D eigenvalue weighted by Crippen LogP contribution is -2.58. The summed E-state index contributed by atoms with van der Waals surface area (Å²) < 4.78 is 87.3. The van der Waals surface area contributed by atoms with E-state index in [-0.39, 0.29) is 23.9 Å². The maximum atomic E-state index is 13.6. The van der Waals surface area contributed by atoms with Crippen molar-refractivity contribution >= 4 is 5.97 Å². The number of hydrogen-bond donors (Lipinski definition) is 1. The summed E-state index contributed by atoms with van der Waals surface area (Å²) in [6, 6.07) is 7.43. The summed E-state index contributed by atoms with van der Waals surface area (Å²) in [4.78, 5) is 13.1. The summed E-state index contributed by atoms with van der Waals surface area (Å²) in [6.07, 6.45) is -1.38. The molecular weight excluding hydrogens is 548 g/mol. The molecule has 2 aliphatic heterocycles. The highest BCUT2D eigenvalue weighted by molar-refractivity contribution is 5.70. The Balaban J connectivity index is 0.00000106.